The zero-order valence-electron chi connectivity index (χ0n) is 15.2. The molecule has 0 aliphatic rings. The molecule has 1 amide bonds. The summed E-state index contributed by atoms with van der Waals surface area (Å²) < 4.78 is 16.1. The topological polar surface area (TPSA) is 73.6 Å². The first-order valence-electron chi connectivity index (χ1n) is 8.28. The Kier molecular flexibility index (Phi) is 5.66. The average molecular weight is 387 g/mol. The van der Waals surface area contributed by atoms with Crippen molar-refractivity contribution in [2.45, 2.75) is 20.5 Å². The maximum Gasteiger partial charge on any atom is 0.278 e. The van der Waals surface area contributed by atoms with Crippen LogP contribution in [0.25, 0.3) is 0 Å². The highest BCUT2D eigenvalue weighted by Gasteiger charge is 2.21. The number of para-hydroxylation sites is 1. The number of carbonyl (C=O) groups excluding carboxylic acids is 1. The Hall–Kier alpha value is -2.99. The molecular formula is C20H19ClN2O4. The van der Waals surface area contributed by atoms with E-state index in [1.807, 2.05) is 31.2 Å². The van der Waals surface area contributed by atoms with Crippen LogP contribution in [0.1, 0.15) is 27.4 Å². The lowest BCUT2D eigenvalue weighted by atomic mass is 10.2. The van der Waals surface area contributed by atoms with E-state index < -0.39 is 5.91 Å². The van der Waals surface area contributed by atoms with E-state index in [0.717, 1.165) is 11.3 Å². The number of ether oxygens (including phenoxy) is 2. The highest BCUT2D eigenvalue weighted by atomic mass is 35.5. The minimum absolute atomic E-state index is 0.173. The van der Waals surface area contributed by atoms with Crippen molar-refractivity contribution in [3.05, 3.63) is 70.1 Å². The van der Waals surface area contributed by atoms with Gasteiger partial charge in [0.25, 0.3) is 5.91 Å². The molecule has 0 spiro atoms. The fourth-order valence-electron chi connectivity index (χ4n) is 2.54. The molecule has 7 heteroatoms. The molecule has 6 nitrogen and oxygen atoms in total. The molecule has 1 N–H and O–H groups in total. The third kappa shape index (κ3) is 4.23. The number of aryl methyl sites for hydroxylation is 2. The minimum Gasteiger partial charge on any atom is -0.495 e. The zero-order chi connectivity index (χ0) is 19.4. The normalized spacial score (nSPS) is 10.5. The SMILES string of the molecule is COc1ccc(NC(=O)c2noc(C)c2COc2ccccc2C)cc1Cl. The van der Waals surface area contributed by atoms with Crippen molar-refractivity contribution in [1.82, 2.24) is 5.16 Å². The Balaban J connectivity index is 1.76. The van der Waals surface area contributed by atoms with Gasteiger partial charge in [-0.1, -0.05) is 35.0 Å². The second-order valence-corrected chi connectivity index (χ2v) is 6.33. The van der Waals surface area contributed by atoms with Gasteiger partial charge in [-0.15, -0.1) is 0 Å². The number of nitrogens with zero attached hydrogens (tertiary/aromatic N) is 1. The Morgan fingerprint density at radius 2 is 1.96 bits per heavy atom. The van der Waals surface area contributed by atoms with Crippen molar-refractivity contribution in [1.29, 1.82) is 0 Å². The molecular weight excluding hydrogens is 368 g/mol. The van der Waals surface area contributed by atoms with E-state index in [0.29, 0.717) is 27.8 Å². The fraction of sp³-hybridized carbons (Fsp3) is 0.200. The van der Waals surface area contributed by atoms with E-state index in [2.05, 4.69) is 10.5 Å². The molecule has 3 aromatic rings. The van der Waals surface area contributed by atoms with Crippen molar-refractivity contribution < 1.29 is 18.8 Å². The maximum absolute atomic E-state index is 12.6. The number of methoxy groups -OCH3 is 1. The number of halogens is 1. The van der Waals surface area contributed by atoms with Crippen LogP contribution in [0, 0.1) is 13.8 Å². The summed E-state index contributed by atoms with van der Waals surface area (Å²) in [6, 6.07) is 12.6. The molecule has 0 saturated heterocycles. The van der Waals surface area contributed by atoms with Gasteiger partial charge in [0.05, 0.1) is 17.7 Å². The number of amides is 1. The summed E-state index contributed by atoms with van der Waals surface area (Å²) in [6.45, 7) is 3.87. The van der Waals surface area contributed by atoms with Crippen molar-refractivity contribution in [2.24, 2.45) is 0 Å². The lowest BCUT2D eigenvalue weighted by molar-refractivity contribution is 0.101. The van der Waals surface area contributed by atoms with Crippen LogP contribution in [0.3, 0.4) is 0 Å². The fourth-order valence-corrected chi connectivity index (χ4v) is 2.80. The smallest absolute Gasteiger partial charge is 0.278 e. The molecule has 1 heterocycles. The van der Waals surface area contributed by atoms with Crippen molar-refractivity contribution in [3.63, 3.8) is 0 Å². The van der Waals surface area contributed by atoms with Crippen molar-refractivity contribution in [3.8, 4) is 11.5 Å². The number of aromatic nitrogens is 1. The van der Waals surface area contributed by atoms with Crippen molar-refractivity contribution in [2.75, 3.05) is 12.4 Å². The molecule has 0 aliphatic carbocycles. The highest BCUT2D eigenvalue weighted by Crippen LogP contribution is 2.28. The largest absolute Gasteiger partial charge is 0.495 e. The summed E-state index contributed by atoms with van der Waals surface area (Å²) in [5.41, 5.74) is 2.30. The maximum atomic E-state index is 12.6. The monoisotopic (exact) mass is 386 g/mol. The van der Waals surface area contributed by atoms with Gasteiger partial charge in [-0.25, -0.2) is 0 Å². The predicted molar refractivity (Wildman–Crippen MR) is 103 cm³/mol. The van der Waals surface area contributed by atoms with Gasteiger partial charge in [-0.2, -0.15) is 0 Å². The summed E-state index contributed by atoms with van der Waals surface area (Å²) in [6.07, 6.45) is 0. The van der Waals surface area contributed by atoms with Crippen LogP contribution >= 0.6 is 11.6 Å². The van der Waals surface area contributed by atoms with Crippen LogP contribution in [0.2, 0.25) is 5.02 Å². The second kappa shape index (κ2) is 8.14. The first kappa shape index (κ1) is 18.8. The van der Waals surface area contributed by atoms with Crippen LogP contribution in [-0.2, 0) is 6.61 Å². The summed E-state index contributed by atoms with van der Waals surface area (Å²) in [4.78, 5) is 12.6. The second-order valence-electron chi connectivity index (χ2n) is 5.92. The van der Waals surface area contributed by atoms with Crippen LogP contribution in [0.5, 0.6) is 11.5 Å². The average Bonchev–Trinajstić information content (AvgIpc) is 3.02. The number of rotatable bonds is 6. The summed E-state index contributed by atoms with van der Waals surface area (Å²) in [5.74, 6) is 1.39. The molecule has 140 valence electrons. The molecule has 0 radical (unpaired) electrons. The Labute approximate surface area is 162 Å². The third-order valence-corrected chi connectivity index (χ3v) is 4.37. The molecule has 0 unspecified atom stereocenters. The van der Waals surface area contributed by atoms with Gasteiger partial charge >= 0.3 is 0 Å². The van der Waals surface area contributed by atoms with Crippen LogP contribution < -0.4 is 14.8 Å². The number of benzene rings is 2. The van der Waals surface area contributed by atoms with E-state index in [-0.39, 0.29) is 12.3 Å². The van der Waals surface area contributed by atoms with Gasteiger partial charge in [0.1, 0.15) is 23.9 Å². The molecule has 0 saturated carbocycles. The number of carbonyl (C=O) groups is 1. The van der Waals surface area contributed by atoms with Crippen molar-refractivity contribution >= 4 is 23.2 Å². The molecule has 27 heavy (non-hydrogen) atoms. The number of anilines is 1. The molecule has 3 rings (SSSR count). The first-order chi connectivity index (χ1) is 13.0. The minimum atomic E-state index is -0.406. The number of hydrogen-bond donors (Lipinski definition) is 1. The van der Waals surface area contributed by atoms with E-state index in [1.165, 1.54) is 7.11 Å². The molecule has 0 bridgehead atoms. The highest BCUT2D eigenvalue weighted by molar-refractivity contribution is 6.32. The van der Waals surface area contributed by atoms with E-state index >= 15 is 0 Å². The van der Waals surface area contributed by atoms with Gasteiger partial charge in [0, 0.05) is 5.69 Å². The summed E-state index contributed by atoms with van der Waals surface area (Å²) in [7, 11) is 1.53. The molecule has 2 aromatic carbocycles. The lowest BCUT2D eigenvalue weighted by Crippen LogP contribution is -2.15. The predicted octanol–water partition coefficient (Wildman–Crippen LogP) is 4.78. The standard InChI is InChI=1S/C20H19ClN2O4/c1-12-6-4-5-7-17(12)26-11-15-13(2)27-23-19(15)20(24)22-14-8-9-18(25-3)16(21)10-14/h4-10H,11H2,1-3H3,(H,22,24). The van der Waals surface area contributed by atoms with Crippen LogP contribution in [0.4, 0.5) is 5.69 Å². The van der Waals surface area contributed by atoms with Gasteiger partial charge in [-0.3, -0.25) is 4.79 Å². The van der Waals surface area contributed by atoms with E-state index in [1.54, 1.807) is 25.1 Å². The van der Waals surface area contributed by atoms with Crippen LogP contribution in [-0.4, -0.2) is 18.2 Å². The van der Waals surface area contributed by atoms with Gasteiger partial charge in [0.15, 0.2) is 5.69 Å². The molecule has 1 aromatic heterocycles. The van der Waals surface area contributed by atoms with Gasteiger partial charge in [0.2, 0.25) is 0 Å². The number of nitrogens with one attached hydrogen (secondary N) is 1. The van der Waals surface area contributed by atoms with Gasteiger partial charge in [-0.05, 0) is 43.7 Å². The Morgan fingerprint density at radius 1 is 1.19 bits per heavy atom. The Morgan fingerprint density at radius 3 is 2.67 bits per heavy atom. The summed E-state index contributed by atoms with van der Waals surface area (Å²) in [5, 5.41) is 7.03. The Bertz CT molecular complexity index is 968. The molecule has 0 aliphatic heterocycles. The molecule has 0 atom stereocenters. The van der Waals surface area contributed by atoms with E-state index in [4.69, 9.17) is 25.6 Å². The zero-order valence-corrected chi connectivity index (χ0v) is 16.0. The van der Waals surface area contributed by atoms with E-state index in [9.17, 15) is 4.79 Å². The summed E-state index contributed by atoms with van der Waals surface area (Å²) >= 11 is 6.10. The first-order valence-corrected chi connectivity index (χ1v) is 8.66. The van der Waals surface area contributed by atoms with Gasteiger partial charge < -0.3 is 19.3 Å². The third-order valence-electron chi connectivity index (χ3n) is 4.08. The molecule has 0 fully saturated rings. The van der Waals surface area contributed by atoms with Crippen LogP contribution in [0.15, 0.2) is 47.0 Å². The lowest BCUT2D eigenvalue weighted by Gasteiger charge is -2.10. The number of hydrogen-bond acceptors (Lipinski definition) is 5. The quantitative estimate of drug-likeness (QED) is 0.659.